The van der Waals surface area contributed by atoms with E-state index in [9.17, 15) is 9.90 Å². The third-order valence-electron chi connectivity index (χ3n) is 2.91. The number of ketones is 1. The summed E-state index contributed by atoms with van der Waals surface area (Å²) >= 11 is 0. The standard InChI is InChI=1S/C16H19N3O3/c1-4-12(20)7-5-6-11-8-17-14-13(11)15(19-10-18-14)22-9-16(2,3)21/h8,10,21H,4,6,9H2,1-3H3,(H,17,18,19). The maximum Gasteiger partial charge on any atom is 0.226 e. The molecule has 6 heteroatoms. The van der Waals surface area contributed by atoms with Gasteiger partial charge in [0.15, 0.2) is 0 Å². The lowest BCUT2D eigenvalue weighted by molar-refractivity contribution is -0.113. The predicted octanol–water partition coefficient (Wildman–Crippen LogP) is 1.63. The number of carbonyl (C=O) groups excluding carboxylic acids is 1. The molecule has 2 rings (SSSR count). The minimum Gasteiger partial charge on any atom is -0.474 e. The van der Waals surface area contributed by atoms with Crippen molar-refractivity contribution in [1.82, 2.24) is 15.0 Å². The number of fused-ring (bicyclic) bond motifs is 1. The predicted molar refractivity (Wildman–Crippen MR) is 82.5 cm³/mol. The van der Waals surface area contributed by atoms with Crippen molar-refractivity contribution in [3.8, 4) is 17.7 Å². The van der Waals surface area contributed by atoms with E-state index in [0.29, 0.717) is 24.4 Å². The minimum atomic E-state index is -0.957. The summed E-state index contributed by atoms with van der Waals surface area (Å²) < 4.78 is 5.60. The van der Waals surface area contributed by atoms with Crippen molar-refractivity contribution >= 4 is 16.8 Å². The van der Waals surface area contributed by atoms with Gasteiger partial charge >= 0.3 is 0 Å². The van der Waals surface area contributed by atoms with E-state index >= 15 is 0 Å². The Morgan fingerprint density at radius 1 is 1.45 bits per heavy atom. The van der Waals surface area contributed by atoms with Gasteiger partial charge in [-0.25, -0.2) is 9.97 Å². The Bertz CT molecular complexity index is 732. The maximum absolute atomic E-state index is 11.2. The van der Waals surface area contributed by atoms with Crippen LogP contribution in [0.5, 0.6) is 5.88 Å². The SMILES string of the molecule is CCC(=O)C#CCc1c[nH]c2ncnc(OCC(C)(C)O)c12. The fourth-order valence-corrected chi connectivity index (χ4v) is 1.82. The fraction of sp³-hybridized carbons (Fsp3) is 0.438. The number of carbonyl (C=O) groups is 1. The maximum atomic E-state index is 11.2. The van der Waals surface area contributed by atoms with Crippen LogP contribution in [-0.2, 0) is 11.2 Å². The molecule has 0 fully saturated rings. The molecule has 22 heavy (non-hydrogen) atoms. The second kappa shape index (κ2) is 6.58. The van der Waals surface area contributed by atoms with Gasteiger partial charge in [-0.15, -0.1) is 0 Å². The van der Waals surface area contributed by atoms with Gasteiger partial charge in [0.05, 0.1) is 11.0 Å². The third kappa shape index (κ3) is 4.06. The van der Waals surface area contributed by atoms with E-state index in [1.807, 2.05) is 0 Å². The number of ether oxygens (including phenoxy) is 1. The van der Waals surface area contributed by atoms with Crippen LogP contribution in [-0.4, -0.2) is 38.0 Å². The van der Waals surface area contributed by atoms with E-state index < -0.39 is 5.60 Å². The molecule has 6 nitrogen and oxygen atoms in total. The molecule has 2 aromatic heterocycles. The highest BCUT2D eigenvalue weighted by Crippen LogP contribution is 2.26. The van der Waals surface area contributed by atoms with Crippen molar-refractivity contribution in [2.45, 2.75) is 39.2 Å². The molecule has 0 aliphatic carbocycles. The van der Waals surface area contributed by atoms with Gasteiger partial charge < -0.3 is 14.8 Å². The van der Waals surface area contributed by atoms with E-state index in [1.54, 1.807) is 27.0 Å². The number of rotatable bonds is 5. The van der Waals surface area contributed by atoms with Gasteiger partial charge in [-0.2, -0.15) is 0 Å². The lowest BCUT2D eigenvalue weighted by Crippen LogP contribution is -2.28. The molecular formula is C16H19N3O3. The number of nitrogens with one attached hydrogen (secondary N) is 1. The molecule has 116 valence electrons. The monoisotopic (exact) mass is 301 g/mol. The summed E-state index contributed by atoms with van der Waals surface area (Å²) in [7, 11) is 0. The zero-order valence-electron chi connectivity index (χ0n) is 12.9. The molecule has 0 radical (unpaired) electrons. The number of nitrogens with zero attached hydrogens (tertiary/aromatic N) is 2. The first kappa shape index (κ1) is 16.0. The molecule has 0 unspecified atom stereocenters. The van der Waals surface area contributed by atoms with Gasteiger partial charge in [0.2, 0.25) is 11.7 Å². The molecule has 0 saturated heterocycles. The summed E-state index contributed by atoms with van der Waals surface area (Å²) in [4.78, 5) is 22.5. The van der Waals surface area contributed by atoms with Gasteiger partial charge in [-0.1, -0.05) is 12.8 Å². The van der Waals surface area contributed by atoms with E-state index in [0.717, 1.165) is 10.9 Å². The summed E-state index contributed by atoms with van der Waals surface area (Å²) in [5, 5.41) is 10.5. The quantitative estimate of drug-likeness (QED) is 0.647. The van der Waals surface area contributed by atoms with Crippen molar-refractivity contribution in [3.05, 3.63) is 18.1 Å². The molecule has 2 heterocycles. The van der Waals surface area contributed by atoms with Crippen LogP contribution in [0.3, 0.4) is 0 Å². The van der Waals surface area contributed by atoms with Gasteiger partial charge in [-0.3, -0.25) is 4.79 Å². The Morgan fingerprint density at radius 2 is 2.23 bits per heavy atom. The van der Waals surface area contributed by atoms with E-state index in [-0.39, 0.29) is 12.4 Å². The smallest absolute Gasteiger partial charge is 0.226 e. The third-order valence-corrected chi connectivity index (χ3v) is 2.91. The Labute approximate surface area is 128 Å². The Hall–Kier alpha value is -2.39. The number of hydrogen-bond donors (Lipinski definition) is 2. The highest BCUT2D eigenvalue weighted by molar-refractivity contribution is 5.95. The number of H-pyrrole nitrogens is 1. The van der Waals surface area contributed by atoms with Crippen molar-refractivity contribution in [3.63, 3.8) is 0 Å². The number of aromatic nitrogens is 3. The molecule has 0 aliphatic heterocycles. The summed E-state index contributed by atoms with van der Waals surface area (Å²) in [6, 6.07) is 0. The van der Waals surface area contributed by atoms with Crippen molar-refractivity contribution in [2.75, 3.05) is 6.61 Å². The molecule has 2 aromatic rings. The van der Waals surface area contributed by atoms with Gasteiger partial charge in [-0.05, 0) is 25.3 Å². The van der Waals surface area contributed by atoms with E-state index in [2.05, 4.69) is 26.8 Å². The second-order valence-electron chi connectivity index (χ2n) is 5.57. The summed E-state index contributed by atoms with van der Waals surface area (Å²) in [5.74, 6) is 5.74. The van der Waals surface area contributed by atoms with E-state index in [1.165, 1.54) is 6.33 Å². The van der Waals surface area contributed by atoms with Crippen LogP contribution < -0.4 is 4.74 Å². The fourth-order valence-electron chi connectivity index (χ4n) is 1.82. The van der Waals surface area contributed by atoms with Crippen LogP contribution in [0.2, 0.25) is 0 Å². The lowest BCUT2D eigenvalue weighted by atomic mass is 10.1. The number of hydrogen-bond acceptors (Lipinski definition) is 5. The molecule has 0 saturated carbocycles. The van der Waals surface area contributed by atoms with Crippen LogP contribution in [0, 0.1) is 11.8 Å². The molecule has 0 atom stereocenters. The van der Waals surface area contributed by atoms with Crippen LogP contribution >= 0.6 is 0 Å². The normalized spacial score (nSPS) is 11.1. The number of aromatic amines is 1. The van der Waals surface area contributed by atoms with Crippen LogP contribution in [0.1, 0.15) is 32.8 Å². The average molecular weight is 301 g/mol. The first-order valence-electron chi connectivity index (χ1n) is 7.08. The molecular weight excluding hydrogens is 282 g/mol. The van der Waals surface area contributed by atoms with Crippen molar-refractivity contribution in [2.24, 2.45) is 0 Å². The molecule has 0 aliphatic rings. The lowest BCUT2D eigenvalue weighted by Gasteiger charge is -2.17. The van der Waals surface area contributed by atoms with Gasteiger partial charge in [0.1, 0.15) is 18.6 Å². The number of aliphatic hydroxyl groups is 1. The molecule has 2 N–H and O–H groups in total. The Morgan fingerprint density at radius 3 is 2.91 bits per heavy atom. The minimum absolute atomic E-state index is 0.0883. The molecule has 0 aromatic carbocycles. The van der Waals surface area contributed by atoms with Crippen molar-refractivity contribution < 1.29 is 14.6 Å². The van der Waals surface area contributed by atoms with E-state index in [4.69, 9.17) is 4.74 Å². The van der Waals surface area contributed by atoms with Crippen molar-refractivity contribution in [1.29, 1.82) is 0 Å². The average Bonchev–Trinajstić information content (AvgIpc) is 2.88. The van der Waals surface area contributed by atoms with Crippen LogP contribution in [0.25, 0.3) is 11.0 Å². The number of Topliss-reactive ketones (excluding diaryl/α,β-unsaturated/α-hetero) is 1. The zero-order valence-corrected chi connectivity index (χ0v) is 12.9. The highest BCUT2D eigenvalue weighted by Gasteiger charge is 2.17. The molecule has 0 bridgehead atoms. The first-order chi connectivity index (χ1) is 10.4. The highest BCUT2D eigenvalue weighted by atomic mass is 16.5. The summed E-state index contributed by atoms with van der Waals surface area (Å²) in [5.41, 5.74) is 0.540. The zero-order chi connectivity index (χ0) is 16.2. The van der Waals surface area contributed by atoms with Crippen LogP contribution in [0.4, 0.5) is 0 Å². The largest absolute Gasteiger partial charge is 0.474 e. The summed E-state index contributed by atoms with van der Waals surface area (Å²) in [6.07, 6.45) is 3.98. The van der Waals surface area contributed by atoms with Gasteiger partial charge in [0, 0.05) is 19.0 Å². The second-order valence-corrected chi connectivity index (χ2v) is 5.57. The first-order valence-corrected chi connectivity index (χ1v) is 7.08. The van der Waals surface area contributed by atoms with Gasteiger partial charge in [0.25, 0.3) is 0 Å². The van der Waals surface area contributed by atoms with Crippen LogP contribution in [0.15, 0.2) is 12.5 Å². The Kier molecular flexibility index (Phi) is 4.78. The topological polar surface area (TPSA) is 88.1 Å². The molecule has 0 amide bonds. The molecule has 0 spiro atoms. The Balaban J connectivity index is 2.27. The summed E-state index contributed by atoms with van der Waals surface area (Å²) in [6.45, 7) is 5.21.